The minimum Gasteiger partial charge on any atom is -0.378 e. The number of ether oxygens (including phenoxy) is 3. The Kier molecular flexibility index (Phi) is 10.7. The van der Waals surface area contributed by atoms with Crippen LogP contribution in [0.1, 0.15) is 5.56 Å². The van der Waals surface area contributed by atoms with Gasteiger partial charge in [-0.15, -0.1) is 0 Å². The highest BCUT2D eigenvalue weighted by Gasteiger charge is 2.10. The van der Waals surface area contributed by atoms with Gasteiger partial charge in [0.1, 0.15) is 6.10 Å². The highest BCUT2D eigenvalue weighted by Crippen LogP contribution is 2.05. The van der Waals surface area contributed by atoms with Gasteiger partial charge in [-0.25, -0.2) is 0 Å². The van der Waals surface area contributed by atoms with Crippen LogP contribution in [0.15, 0.2) is 30.3 Å². The highest BCUT2D eigenvalue weighted by atomic mass is 79.9. The Hall–Kier alpha value is 0.0600. The molecule has 0 atom stereocenters. The second kappa shape index (κ2) is 11.9. The van der Waals surface area contributed by atoms with Gasteiger partial charge in [-0.1, -0.05) is 62.2 Å². The van der Waals surface area contributed by atoms with E-state index in [1.54, 1.807) is 0 Å². The standard InChI is InChI=1S/C14H20Br2O3/c15-6-8-17-11-14(12-18-9-7-16)19-10-13-4-2-1-3-5-13/h1-5,14H,6-12H2. The second-order valence-electron chi connectivity index (χ2n) is 3.95. The molecule has 1 aromatic rings. The number of hydrogen-bond donors (Lipinski definition) is 0. The molecule has 0 amide bonds. The van der Waals surface area contributed by atoms with Gasteiger partial charge in [0, 0.05) is 10.7 Å². The van der Waals surface area contributed by atoms with Gasteiger partial charge < -0.3 is 14.2 Å². The molecule has 0 heterocycles. The van der Waals surface area contributed by atoms with Crippen molar-refractivity contribution in [3.8, 4) is 0 Å². The predicted octanol–water partition coefficient (Wildman–Crippen LogP) is 3.39. The quantitative estimate of drug-likeness (QED) is 0.424. The maximum Gasteiger partial charge on any atom is 0.105 e. The molecule has 19 heavy (non-hydrogen) atoms. The zero-order valence-electron chi connectivity index (χ0n) is 10.9. The fraction of sp³-hybridized carbons (Fsp3) is 0.571. The predicted molar refractivity (Wildman–Crippen MR) is 84.2 cm³/mol. The van der Waals surface area contributed by atoms with Crippen LogP contribution in [0.25, 0.3) is 0 Å². The van der Waals surface area contributed by atoms with E-state index in [2.05, 4.69) is 44.0 Å². The molecule has 108 valence electrons. The van der Waals surface area contributed by atoms with Gasteiger partial charge in [0.25, 0.3) is 0 Å². The molecule has 0 N–H and O–H groups in total. The minimum absolute atomic E-state index is 0.0293. The minimum atomic E-state index is -0.0293. The lowest BCUT2D eigenvalue weighted by Gasteiger charge is -2.18. The summed E-state index contributed by atoms with van der Waals surface area (Å²) in [6.07, 6.45) is -0.0293. The first-order chi connectivity index (χ1) is 9.36. The topological polar surface area (TPSA) is 27.7 Å². The third kappa shape index (κ3) is 8.76. The average Bonchev–Trinajstić information content (AvgIpc) is 2.45. The molecule has 0 spiro atoms. The summed E-state index contributed by atoms with van der Waals surface area (Å²) in [7, 11) is 0. The summed E-state index contributed by atoms with van der Waals surface area (Å²) in [5.74, 6) is 0. The number of alkyl halides is 2. The van der Waals surface area contributed by atoms with Crippen molar-refractivity contribution in [1.82, 2.24) is 0 Å². The van der Waals surface area contributed by atoms with E-state index >= 15 is 0 Å². The largest absolute Gasteiger partial charge is 0.378 e. The number of rotatable bonds is 11. The highest BCUT2D eigenvalue weighted by molar-refractivity contribution is 9.09. The van der Waals surface area contributed by atoms with E-state index in [0.717, 1.165) is 16.2 Å². The summed E-state index contributed by atoms with van der Waals surface area (Å²) >= 11 is 6.67. The van der Waals surface area contributed by atoms with E-state index in [1.807, 2.05) is 18.2 Å². The summed E-state index contributed by atoms with van der Waals surface area (Å²) in [5, 5.41) is 1.67. The molecule has 5 heteroatoms. The van der Waals surface area contributed by atoms with Crippen LogP contribution in [0.4, 0.5) is 0 Å². The van der Waals surface area contributed by atoms with Crippen LogP contribution in [-0.4, -0.2) is 43.2 Å². The molecular formula is C14H20Br2O3. The van der Waals surface area contributed by atoms with Crippen LogP contribution in [0.2, 0.25) is 0 Å². The van der Waals surface area contributed by atoms with Gasteiger partial charge in [-0.2, -0.15) is 0 Å². The molecule has 1 rings (SSSR count). The first-order valence-corrected chi connectivity index (χ1v) is 8.54. The van der Waals surface area contributed by atoms with Crippen molar-refractivity contribution in [3.05, 3.63) is 35.9 Å². The van der Waals surface area contributed by atoms with Gasteiger partial charge in [0.15, 0.2) is 0 Å². The van der Waals surface area contributed by atoms with Crippen LogP contribution in [0, 0.1) is 0 Å². The molecule has 0 aliphatic carbocycles. The first-order valence-electron chi connectivity index (χ1n) is 6.29. The maximum atomic E-state index is 5.84. The van der Waals surface area contributed by atoms with Crippen molar-refractivity contribution < 1.29 is 14.2 Å². The molecule has 0 saturated heterocycles. The summed E-state index contributed by atoms with van der Waals surface area (Å²) in [5.41, 5.74) is 1.16. The van der Waals surface area contributed by atoms with E-state index in [4.69, 9.17) is 14.2 Å². The molecule has 1 aromatic carbocycles. The Bertz CT molecular complexity index is 299. The Balaban J connectivity index is 2.30. The molecule has 0 saturated carbocycles. The molecule has 0 aliphatic rings. The lowest BCUT2D eigenvalue weighted by molar-refractivity contribution is -0.0623. The van der Waals surface area contributed by atoms with Gasteiger partial charge >= 0.3 is 0 Å². The van der Waals surface area contributed by atoms with Gasteiger partial charge in [0.2, 0.25) is 0 Å². The summed E-state index contributed by atoms with van der Waals surface area (Å²) in [4.78, 5) is 0. The van der Waals surface area contributed by atoms with Gasteiger partial charge in [0.05, 0.1) is 33.0 Å². The molecule has 0 radical (unpaired) electrons. The fourth-order valence-corrected chi connectivity index (χ4v) is 1.93. The van der Waals surface area contributed by atoms with E-state index in [9.17, 15) is 0 Å². The summed E-state index contributed by atoms with van der Waals surface area (Å²) in [6, 6.07) is 10.1. The second-order valence-corrected chi connectivity index (χ2v) is 5.53. The zero-order chi connectivity index (χ0) is 13.8. The third-order valence-corrected chi connectivity index (χ3v) is 3.03. The van der Waals surface area contributed by atoms with Crippen LogP contribution in [0.3, 0.4) is 0 Å². The molecule has 0 bridgehead atoms. The molecule has 0 aromatic heterocycles. The molecule has 0 unspecified atom stereocenters. The first kappa shape index (κ1) is 17.1. The van der Waals surface area contributed by atoms with Crippen molar-refractivity contribution >= 4 is 31.9 Å². The maximum absolute atomic E-state index is 5.84. The molecule has 0 aliphatic heterocycles. The lowest BCUT2D eigenvalue weighted by atomic mass is 10.2. The third-order valence-electron chi connectivity index (χ3n) is 2.38. The van der Waals surface area contributed by atoms with Crippen molar-refractivity contribution in [2.75, 3.05) is 37.1 Å². The molecular weight excluding hydrogens is 376 g/mol. The average molecular weight is 396 g/mol. The fourth-order valence-electron chi connectivity index (χ4n) is 1.47. The Morgan fingerprint density at radius 1 is 0.895 bits per heavy atom. The van der Waals surface area contributed by atoms with Crippen molar-refractivity contribution in [3.63, 3.8) is 0 Å². The molecule has 3 nitrogen and oxygen atoms in total. The summed E-state index contributed by atoms with van der Waals surface area (Å²) in [6.45, 7) is 3.07. The van der Waals surface area contributed by atoms with Crippen LogP contribution < -0.4 is 0 Å². The zero-order valence-corrected chi connectivity index (χ0v) is 14.1. The van der Waals surface area contributed by atoms with Crippen LogP contribution in [0.5, 0.6) is 0 Å². The van der Waals surface area contributed by atoms with Crippen molar-refractivity contribution in [1.29, 1.82) is 0 Å². The number of benzene rings is 1. The summed E-state index contributed by atoms with van der Waals surface area (Å²) < 4.78 is 16.8. The smallest absolute Gasteiger partial charge is 0.105 e. The van der Waals surface area contributed by atoms with E-state index in [1.165, 1.54) is 0 Å². The lowest BCUT2D eigenvalue weighted by Crippen LogP contribution is -2.26. The monoisotopic (exact) mass is 394 g/mol. The van der Waals surface area contributed by atoms with E-state index < -0.39 is 0 Å². The van der Waals surface area contributed by atoms with Gasteiger partial charge in [-0.05, 0) is 5.56 Å². The van der Waals surface area contributed by atoms with Crippen LogP contribution in [-0.2, 0) is 20.8 Å². The van der Waals surface area contributed by atoms with Crippen molar-refractivity contribution in [2.45, 2.75) is 12.7 Å². The number of hydrogen-bond acceptors (Lipinski definition) is 3. The Morgan fingerprint density at radius 2 is 1.47 bits per heavy atom. The normalized spacial score (nSPS) is 11.1. The SMILES string of the molecule is BrCCOCC(COCCBr)OCc1ccccc1. The Morgan fingerprint density at radius 3 is 2.00 bits per heavy atom. The van der Waals surface area contributed by atoms with Crippen molar-refractivity contribution in [2.24, 2.45) is 0 Å². The van der Waals surface area contributed by atoms with Gasteiger partial charge in [-0.3, -0.25) is 0 Å². The van der Waals surface area contributed by atoms with E-state index in [0.29, 0.717) is 33.0 Å². The van der Waals surface area contributed by atoms with E-state index in [-0.39, 0.29) is 6.10 Å². The molecule has 0 fully saturated rings. The number of halogens is 2. The Labute approximate surface area is 131 Å². The van der Waals surface area contributed by atoms with Crippen LogP contribution >= 0.6 is 31.9 Å².